The molecule has 20 heavy (non-hydrogen) atoms. The number of hydrogen-bond donors (Lipinski definition) is 0. The fourth-order valence-corrected chi connectivity index (χ4v) is 1.91. The Bertz CT molecular complexity index is 576. The van der Waals surface area contributed by atoms with Crippen LogP contribution in [0.25, 0.3) is 0 Å². The lowest BCUT2D eigenvalue weighted by Gasteiger charge is -2.08. The van der Waals surface area contributed by atoms with E-state index in [1.807, 2.05) is 31.2 Å². The second kappa shape index (κ2) is 6.85. The topological polar surface area (TPSA) is 26.3 Å². The smallest absolute Gasteiger partial charge is 0.163 e. The van der Waals surface area contributed by atoms with E-state index < -0.39 is 0 Å². The summed E-state index contributed by atoms with van der Waals surface area (Å²) in [6.45, 7) is 2.48. The van der Waals surface area contributed by atoms with E-state index in [-0.39, 0.29) is 11.6 Å². The lowest BCUT2D eigenvalue weighted by atomic mass is 10.1. The molecule has 0 aliphatic carbocycles. The highest BCUT2D eigenvalue weighted by Crippen LogP contribution is 2.16. The highest BCUT2D eigenvalue weighted by Gasteiger charge is 2.06. The minimum absolute atomic E-state index is 0.0124. The normalized spacial score (nSPS) is 10.3. The average Bonchev–Trinajstić information content (AvgIpc) is 2.46. The van der Waals surface area contributed by atoms with Gasteiger partial charge in [0.1, 0.15) is 11.6 Å². The van der Waals surface area contributed by atoms with E-state index in [9.17, 15) is 9.18 Å². The maximum atomic E-state index is 12.8. The van der Waals surface area contributed by atoms with Crippen LogP contribution in [0.5, 0.6) is 5.75 Å². The van der Waals surface area contributed by atoms with Crippen LogP contribution in [0.4, 0.5) is 4.39 Å². The Hall–Kier alpha value is -2.16. The SMILES string of the molecule is Cc1ccccc1OCCCC(=O)c1ccc(F)cc1. The fourth-order valence-electron chi connectivity index (χ4n) is 1.91. The van der Waals surface area contributed by atoms with Gasteiger partial charge < -0.3 is 4.74 Å². The first-order valence-electron chi connectivity index (χ1n) is 6.64. The van der Waals surface area contributed by atoms with Gasteiger partial charge in [-0.2, -0.15) is 0 Å². The van der Waals surface area contributed by atoms with Gasteiger partial charge in [-0.1, -0.05) is 18.2 Å². The molecule has 0 fully saturated rings. The lowest BCUT2D eigenvalue weighted by molar-refractivity contribution is 0.0973. The highest BCUT2D eigenvalue weighted by atomic mass is 19.1. The van der Waals surface area contributed by atoms with Crippen molar-refractivity contribution in [1.82, 2.24) is 0 Å². The molecule has 0 spiro atoms. The van der Waals surface area contributed by atoms with Crippen LogP contribution in [0.2, 0.25) is 0 Å². The van der Waals surface area contributed by atoms with Gasteiger partial charge in [0, 0.05) is 12.0 Å². The Morgan fingerprint density at radius 1 is 1.10 bits per heavy atom. The van der Waals surface area contributed by atoms with Crippen LogP contribution in [-0.4, -0.2) is 12.4 Å². The Morgan fingerprint density at radius 2 is 1.80 bits per heavy atom. The number of Topliss-reactive ketones (excluding diaryl/α,β-unsaturated/α-hetero) is 1. The monoisotopic (exact) mass is 272 g/mol. The summed E-state index contributed by atoms with van der Waals surface area (Å²) >= 11 is 0. The fraction of sp³-hybridized carbons (Fsp3) is 0.235. The van der Waals surface area contributed by atoms with Gasteiger partial charge in [-0.15, -0.1) is 0 Å². The van der Waals surface area contributed by atoms with Gasteiger partial charge in [0.25, 0.3) is 0 Å². The first kappa shape index (κ1) is 14.3. The number of ketones is 1. The van der Waals surface area contributed by atoms with E-state index in [2.05, 4.69) is 0 Å². The molecule has 104 valence electrons. The summed E-state index contributed by atoms with van der Waals surface area (Å²) in [6.07, 6.45) is 1.04. The lowest BCUT2D eigenvalue weighted by Crippen LogP contribution is -2.04. The second-order valence-electron chi connectivity index (χ2n) is 4.65. The molecular formula is C17H17FO2. The summed E-state index contributed by atoms with van der Waals surface area (Å²) < 4.78 is 18.4. The van der Waals surface area contributed by atoms with Gasteiger partial charge in [0.05, 0.1) is 6.61 Å². The zero-order valence-corrected chi connectivity index (χ0v) is 11.4. The number of carbonyl (C=O) groups is 1. The largest absolute Gasteiger partial charge is 0.493 e. The molecule has 2 aromatic rings. The molecule has 2 nitrogen and oxygen atoms in total. The minimum atomic E-state index is -0.329. The molecule has 2 aromatic carbocycles. The highest BCUT2D eigenvalue weighted by molar-refractivity contribution is 5.95. The first-order valence-corrected chi connectivity index (χ1v) is 6.64. The van der Waals surface area contributed by atoms with E-state index in [4.69, 9.17) is 4.74 Å². The van der Waals surface area contributed by atoms with Crippen LogP contribution in [0, 0.1) is 12.7 Å². The van der Waals surface area contributed by atoms with Crippen molar-refractivity contribution in [3.05, 3.63) is 65.5 Å². The molecule has 0 radical (unpaired) electrons. The van der Waals surface area contributed by atoms with Gasteiger partial charge in [0.2, 0.25) is 0 Å². The number of carbonyl (C=O) groups excluding carboxylic acids is 1. The average molecular weight is 272 g/mol. The van der Waals surface area contributed by atoms with Crippen molar-refractivity contribution in [1.29, 1.82) is 0 Å². The Morgan fingerprint density at radius 3 is 2.50 bits per heavy atom. The minimum Gasteiger partial charge on any atom is -0.493 e. The molecule has 0 atom stereocenters. The van der Waals surface area contributed by atoms with E-state index >= 15 is 0 Å². The van der Waals surface area contributed by atoms with E-state index in [1.165, 1.54) is 24.3 Å². The van der Waals surface area contributed by atoms with Crippen LogP contribution in [0.3, 0.4) is 0 Å². The molecule has 0 aromatic heterocycles. The molecule has 0 amide bonds. The predicted molar refractivity (Wildman–Crippen MR) is 76.6 cm³/mol. The molecule has 0 saturated heterocycles. The van der Waals surface area contributed by atoms with Crippen molar-refractivity contribution in [2.45, 2.75) is 19.8 Å². The number of halogens is 1. The zero-order valence-electron chi connectivity index (χ0n) is 11.4. The Balaban J connectivity index is 1.77. The van der Waals surface area contributed by atoms with Gasteiger partial charge >= 0.3 is 0 Å². The van der Waals surface area contributed by atoms with Crippen LogP contribution < -0.4 is 4.74 Å². The van der Waals surface area contributed by atoms with Crippen LogP contribution >= 0.6 is 0 Å². The third-order valence-corrected chi connectivity index (χ3v) is 3.07. The third-order valence-electron chi connectivity index (χ3n) is 3.07. The quantitative estimate of drug-likeness (QED) is 0.582. The summed E-state index contributed by atoms with van der Waals surface area (Å²) in [5.41, 5.74) is 1.62. The number of rotatable bonds is 6. The molecule has 0 heterocycles. The van der Waals surface area contributed by atoms with Crippen LogP contribution in [0.1, 0.15) is 28.8 Å². The molecule has 2 rings (SSSR count). The molecule has 0 saturated carbocycles. The molecular weight excluding hydrogens is 255 g/mol. The third kappa shape index (κ3) is 3.92. The van der Waals surface area contributed by atoms with Crippen molar-refractivity contribution in [3.8, 4) is 5.75 Å². The summed E-state index contributed by atoms with van der Waals surface area (Å²) in [5.74, 6) is 0.532. The zero-order chi connectivity index (χ0) is 14.4. The molecule has 3 heteroatoms. The van der Waals surface area contributed by atoms with E-state index in [1.54, 1.807) is 0 Å². The van der Waals surface area contributed by atoms with E-state index in [0.717, 1.165) is 11.3 Å². The summed E-state index contributed by atoms with van der Waals surface area (Å²) in [4.78, 5) is 11.9. The van der Waals surface area contributed by atoms with Crippen molar-refractivity contribution in [2.75, 3.05) is 6.61 Å². The van der Waals surface area contributed by atoms with Crippen LogP contribution in [-0.2, 0) is 0 Å². The molecule has 0 aliphatic heterocycles. The summed E-state index contributed by atoms with van der Waals surface area (Å²) in [5, 5.41) is 0. The Kier molecular flexibility index (Phi) is 4.88. The van der Waals surface area contributed by atoms with Crippen molar-refractivity contribution in [3.63, 3.8) is 0 Å². The summed E-state index contributed by atoms with van der Waals surface area (Å²) in [7, 11) is 0. The number of ether oxygens (including phenoxy) is 1. The first-order chi connectivity index (χ1) is 9.66. The maximum Gasteiger partial charge on any atom is 0.163 e. The van der Waals surface area contributed by atoms with Crippen LogP contribution in [0.15, 0.2) is 48.5 Å². The van der Waals surface area contributed by atoms with Gasteiger partial charge in [-0.3, -0.25) is 4.79 Å². The molecule has 0 N–H and O–H groups in total. The maximum absolute atomic E-state index is 12.8. The Labute approximate surface area is 118 Å². The van der Waals surface area contributed by atoms with Gasteiger partial charge in [-0.25, -0.2) is 4.39 Å². The van der Waals surface area contributed by atoms with E-state index in [0.29, 0.717) is 25.0 Å². The predicted octanol–water partition coefficient (Wildman–Crippen LogP) is 4.18. The second-order valence-corrected chi connectivity index (χ2v) is 4.65. The van der Waals surface area contributed by atoms with Crippen molar-refractivity contribution < 1.29 is 13.9 Å². The molecule has 0 aliphatic rings. The van der Waals surface area contributed by atoms with Crippen molar-refractivity contribution in [2.24, 2.45) is 0 Å². The number of hydrogen-bond acceptors (Lipinski definition) is 2. The summed E-state index contributed by atoms with van der Waals surface area (Å²) in [6, 6.07) is 13.4. The standard InChI is InChI=1S/C17H17FO2/c1-13-5-2-3-7-17(13)20-12-4-6-16(19)14-8-10-15(18)11-9-14/h2-3,5,7-11H,4,6,12H2,1H3. The molecule has 0 unspecified atom stereocenters. The molecule has 0 bridgehead atoms. The van der Waals surface area contributed by atoms with Gasteiger partial charge in [0.15, 0.2) is 5.78 Å². The van der Waals surface area contributed by atoms with Crippen molar-refractivity contribution >= 4 is 5.78 Å². The number of aryl methyl sites for hydroxylation is 1. The van der Waals surface area contributed by atoms with Gasteiger partial charge in [-0.05, 0) is 49.2 Å². The number of benzene rings is 2. The number of para-hydroxylation sites is 1.